The van der Waals surface area contributed by atoms with Crippen molar-refractivity contribution < 1.29 is 9.53 Å². The van der Waals surface area contributed by atoms with Crippen molar-refractivity contribution in [1.82, 2.24) is 0 Å². The van der Waals surface area contributed by atoms with E-state index in [0.717, 1.165) is 11.1 Å². The van der Waals surface area contributed by atoms with Crippen LogP contribution in [0, 0.1) is 0 Å². The lowest BCUT2D eigenvalue weighted by Crippen LogP contribution is -2.17. The lowest BCUT2D eigenvalue weighted by molar-refractivity contribution is 0.0709. The molecule has 0 saturated heterocycles. The summed E-state index contributed by atoms with van der Waals surface area (Å²) in [5.74, 6) is 0.0369. The molecule has 100 valence electrons. The van der Waals surface area contributed by atoms with Gasteiger partial charge in [-0.1, -0.05) is 54.6 Å². The first-order chi connectivity index (χ1) is 9.75. The van der Waals surface area contributed by atoms with Crippen LogP contribution >= 0.6 is 0 Å². The van der Waals surface area contributed by atoms with E-state index in [4.69, 9.17) is 4.74 Å². The number of benzene rings is 2. The number of rotatable bonds is 2. The molecule has 0 fully saturated rings. The minimum Gasteiger partial charge on any atom is -0.369 e. The van der Waals surface area contributed by atoms with Crippen LogP contribution in [0.2, 0.25) is 0 Å². The molecule has 0 N–H and O–H groups in total. The van der Waals surface area contributed by atoms with Gasteiger partial charge in [0.1, 0.15) is 0 Å². The molecule has 1 unspecified atom stereocenters. The number of ketones is 1. The molecule has 0 aromatic heterocycles. The number of hydrogen-bond acceptors (Lipinski definition) is 2. The summed E-state index contributed by atoms with van der Waals surface area (Å²) in [5, 5.41) is 0. The summed E-state index contributed by atoms with van der Waals surface area (Å²) < 4.78 is 5.80. The van der Waals surface area contributed by atoms with E-state index in [1.54, 1.807) is 0 Å². The van der Waals surface area contributed by atoms with Gasteiger partial charge < -0.3 is 4.74 Å². The highest BCUT2D eigenvalue weighted by molar-refractivity contribution is 6.12. The maximum absolute atomic E-state index is 12.6. The first-order valence-corrected chi connectivity index (χ1v) is 6.76. The topological polar surface area (TPSA) is 26.3 Å². The van der Waals surface area contributed by atoms with Gasteiger partial charge in [-0.3, -0.25) is 4.79 Å². The first kappa shape index (κ1) is 12.8. The van der Waals surface area contributed by atoms with E-state index in [2.05, 4.69) is 0 Å². The van der Waals surface area contributed by atoms with E-state index in [9.17, 15) is 4.79 Å². The maximum atomic E-state index is 12.6. The average molecular weight is 264 g/mol. The molecule has 3 rings (SSSR count). The summed E-state index contributed by atoms with van der Waals surface area (Å²) >= 11 is 0. The van der Waals surface area contributed by atoms with Crippen molar-refractivity contribution in [3.8, 4) is 0 Å². The van der Waals surface area contributed by atoms with Crippen LogP contribution in [0.1, 0.15) is 28.4 Å². The van der Waals surface area contributed by atoms with Gasteiger partial charge in [0, 0.05) is 11.1 Å². The lowest BCUT2D eigenvalue weighted by atomic mass is 9.97. The van der Waals surface area contributed by atoms with Gasteiger partial charge in [0.05, 0.1) is 12.7 Å². The van der Waals surface area contributed by atoms with E-state index in [-0.39, 0.29) is 11.9 Å². The number of carbonyl (C=O) groups is 1. The lowest BCUT2D eigenvalue weighted by Gasteiger charge is -2.13. The smallest absolute Gasteiger partial charge is 0.191 e. The number of fused-ring (bicyclic) bond motifs is 1. The predicted octanol–water partition coefficient (Wildman–Crippen LogP) is 3.87. The summed E-state index contributed by atoms with van der Waals surface area (Å²) in [6, 6.07) is 17.4. The second-order valence-corrected chi connectivity index (χ2v) is 4.95. The van der Waals surface area contributed by atoms with Crippen molar-refractivity contribution in [2.24, 2.45) is 0 Å². The van der Waals surface area contributed by atoms with Gasteiger partial charge in [0.25, 0.3) is 0 Å². The number of carbonyl (C=O) groups excluding carboxylic acids is 1. The maximum Gasteiger partial charge on any atom is 0.191 e. The van der Waals surface area contributed by atoms with Gasteiger partial charge in [-0.05, 0) is 24.1 Å². The van der Waals surface area contributed by atoms with Crippen molar-refractivity contribution in [2.45, 2.75) is 19.6 Å². The summed E-state index contributed by atoms with van der Waals surface area (Å²) in [4.78, 5) is 12.6. The molecule has 0 bridgehead atoms. The third-order valence-electron chi connectivity index (χ3n) is 3.59. The molecule has 2 aromatic rings. The van der Waals surface area contributed by atoms with Crippen molar-refractivity contribution in [2.75, 3.05) is 0 Å². The molecule has 20 heavy (non-hydrogen) atoms. The summed E-state index contributed by atoms with van der Waals surface area (Å²) in [6.45, 7) is 2.47. The normalized spacial score (nSPS) is 17.9. The number of Topliss-reactive ketones (excluding diaryl/α,β-unsaturated/α-hetero) is 1. The molecule has 1 heterocycles. The Kier molecular flexibility index (Phi) is 3.48. The first-order valence-electron chi connectivity index (χ1n) is 6.76. The Hall–Kier alpha value is -2.19. The third kappa shape index (κ3) is 2.43. The van der Waals surface area contributed by atoms with Crippen LogP contribution in [0.3, 0.4) is 0 Å². The van der Waals surface area contributed by atoms with Crippen LogP contribution in [-0.2, 0) is 11.3 Å². The zero-order valence-electron chi connectivity index (χ0n) is 11.4. The Labute approximate surface area is 118 Å². The predicted molar refractivity (Wildman–Crippen MR) is 79.4 cm³/mol. The van der Waals surface area contributed by atoms with Gasteiger partial charge in [-0.15, -0.1) is 0 Å². The van der Waals surface area contributed by atoms with Crippen molar-refractivity contribution in [1.29, 1.82) is 0 Å². The fourth-order valence-corrected chi connectivity index (χ4v) is 2.40. The molecule has 0 spiro atoms. The molecular formula is C18H16O2. The van der Waals surface area contributed by atoms with Gasteiger partial charge in [0.2, 0.25) is 0 Å². The average Bonchev–Trinajstić information content (AvgIpc) is 2.67. The standard InChI is InChI=1S/C18H16O2/c1-13-17(18(19)14-7-3-2-4-8-14)11-15-9-5-6-10-16(15)12-20-13/h2-11,13H,12H2,1H3. The molecule has 1 atom stereocenters. The minimum atomic E-state index is -0.199. The van der Waals surface area contributed by atoms with Gasteiger partial charge in [-0.2, -0.15) is 0 Å². The highest BCUT2D eigenvalue weighted by Crippen LogP contribution is 2.25. The van der Waals surface area contributed by atoms with Gasteiger partial charge >= 0.3 is 0 Å². The second kappa shape index (κ2) is 5.43. The van der Waals surface area contributed by atoms with Crippen molar-refractivity contribution in [3.05, 3.63) is 76.9 Å². The third-order valence-corrected chi connectivity index (χ3v) is 3.59. The Morgan fingerprint density at radius 2 is 1.75 bits per heavy atom. The minimum absolute atomic E-state index is 0.0369. The number of hydrogen-bond donors (Lipinski definition) is 0. The molecule has 1 aliphatic rings. The van der Waals surface area contributed by atoms with Gasteiger partial charge in [-0.25, -0.2) is 0 Å². The Bertz CT molecular complexity index is 656. The molecule has 0 aliphatic carbocycles. The molecule has 1 aliphatic heterocycles. The van der Waals surface area contributed by atoms with E-state index >= 15 is 0 Å². The zero-order valence-corrected chi connectivity index (χ0v) is 11.4. The second-order valence-electron chi connectivity index (χ2n) is 4.95. The fourth-order valence-electron chi connectivity index (χ4n) is 2.40. The van der Waals surface area contributed by atoms with Gasteiger partial charge in [0.15, 0.2) is 5.78 Å². The SMILES string of the molecule is CC1OCc2ccccc2C=C1C(=O)c1ccccc1. The van der Waals surface area contributed by atoms with Crippen LogP contribution in [-0.4, -0.2) is 11.9 Å². The Morgan fingerprint density at radius 1 is 1.05 bits per heavy atom. The summed E-state index contributed by atoms with van der Waals surface area (Å²) in [7, 11) is 0. The molecule has 2 heteroatoms. The van der Waals surface area contributed by atoms with Crippen molar-refractivity contribution in [3.63, 3.8) is 0 Å². The monoisotopic (exact) mass is 264 g/mol. The zero-order chi connectivity index (χ0) is 13.9. The highest BCUT2D eigenvalue weighted by Gasteiger charge is 2.22. The molecular weight excluding hydrogens is 248 g/mol. The summed E-state index contributed by atoms with van der Waals surface area (Å²) in [6.07, 6.45) is 1.76. The van der Waals surface area contributed by atoms with E-state index < -0.39 is 0 Å². The molecule has 0 saturated carbocycles. The molecule has 0 amide bonds. The van der Waals surface area contributed by atoms with Crippen LogP contribution in [0.25, 0.3) is 6.08 Å². The van der Waals surface area contributed by atoms with Crippen LogP contribution in [0.15, 0.2) is 60.2 Å². The summed E-state index contributed by atoms with van der Waals surface area (Å²) in [5.41, 5.74) is 3.60. The Morgan fingerprint density at radius 3 is 2.55 bits per heavy atom. The molecule has 0 radical (unpaired) electrons. The largest absolute Gasteiger partial charge is 0.369 e. The van der Waals surface area contributed by atoms with Crippen molar-refractivity contribution >= 4 is 11.9 Å². The quantitative estimate of drug-likeness (QED) is 0.770. The van der Waals surface area contributed by atoms with Crippen LogP contribution < -0.4 is 0 Å². The Balaban J connectivity index is 2.03. The molecule has 2 nitrogen and oxygen atoms in total. The fraction of sp³-hybridized carbons (Fsp3) is 0.167. The van der Waals surface area contributed by atoms with E-state index in [0.29, 0.717) is 17.7 Å². The van der Waals surface area contributed by atoms with Crippen LogP contribution in [0.5, 0.6) is 0 Å². The molecule has 2 aromatic carbocycles. The van der Waals surface area contributed by atoms with E-state index in [1.807, 2.05) is 67.6 Å². The van der Waals surface area contributed by atoms with Crippen LogP contribution in [0.4, 0.5) is 0 Å². The highest BCUT2D eigenvalue weighted by atomic mass is 16.5. The number of ether oxygens (including phenoxy) is 1. The van der Waals surface area contributed by atoms with E-state index in [1.165, 1.54) is 0 Å².